The Morgan fingerprint density at radius 1 is 1.21 bits per heavy atom. The van der Waals surface area contributed by atoms with E-state index in [1.807, 2.05) is 13.0 Å². The number of hydrogen-bond donors (Lipinski definition) is 0. The summed E-state index contributed by atoms with van der Waals surface area (Å²) in [4.78, 5) is 9.17. The zero-order valence-corrected chi connectivity index (χ0v) is 12.0. The van der Waals surface area contributed by atoms with Crippen molar-refractivity contribution in [2.75, 3.05) is 0 Å². The van der Waals surface area contributed by atoms with Gasteiger partial charge in [-0.2, -0.15) is 0 Å². The first-order chi connectivity index (χ1) is 9.20. The predicted molar refractivity (Wildman–Crippen MR) is 78.6 cm³/mol. The average Bonchev–Trinajstić information content (AvgIpc) is 3.26. The molecule has 0 atom stereocenters. The van der Waals surface area contributed by atoms with Crippen LogP contribution >= 0.6 is 11.6 Å². The van der Waals surface area contributed by atoms with Gasteiger partial charge < -0.3 is 0 Å². The molecule has 0 N–H and O–H groups in total. The lowest BCUT2D eigenvalue weighted by atomic mass is 10.0. The van der Waals surface area contributed by atoms with E-state index in [4.69, 9.17) is 16.6 Å². The van der Waals surface area contributed by atoms with Gasteiger partial charge in [-0.1, -0.05) is 42.8 Å². The minimum atomic E-state index is 0.576. The van der Waals surface area contributed by atoms with Gasteiger partial charge in [0.15, 0.2) is 5.82 Å². The maximum Gasteiger partial charge on any atom is 0.161 e. The second-order valence-corrected chi connectivity index (χ2v) is 5.48. The smallest absolute Gasteiger partial charge is 0.161 e. The number of hydrogen-bond acceptors (Lipinski definition) is 2. The molecular formula is C16H17ClN2. The van der Waals surface area contributed by atoms with Gasteiger partial charge in [-0.15, -0.1) is 0 Å². The molecular weight excluding hydrogens is 256 g/mol. The molecule has 98 valence electrons. The largest absolute Gasteiger partial charge is 0.233 e. The van der Waals surface area contributed by atoms with E-state index >= 15 is 0 Å². The van der Waals surface area contributed by atoms with Crippen LogP contribution in [0.2, 0.25) is 5.15 Å². The number of aryl methyl sites for hydroxylation is 1. The van der Waals surface area contributed by atoms with E-state index in [1.54, 1.807) is 0 Å². The highest BCUT2D eigenvalue weighted by atomic mass is 35.5. The second-order valence-electron chi connectivity index (χ2n) is 5.12. The van der Waals surface area contributed by atoms with Crippen LogP contribution in [0.4, 0.5) is 0 Å². The van der Waals surface area contributed by atoms with Crippen molar-refractivity contribution in [3.63, 3.8) is 0 Å². The van der Waals surface area contributed by atoms with Crippen LogP contribution in [-0.2, 0) is 6.42 Å². The molecule has 0 spiro atoms. The highest BCUT2D eigenvalue weighted by Crippen LogP contribution is 2.43. The Labute approximate surface area is 118 Å². The van der Waals surface area contributed by atoms with Gasteiger partial charge in [0.1, 0.15) is 5.15 Å². The third-order valence-electron chi connectivity index (χ3n) is 3.74. The third kappa shape index (κ3) is 2.37. The Hall–Kier alpha value is -1.41. The van der Waals surface area contributed by atoms with Crippen LogP contribution in [-0.4, -0.2) is 9.97 Å². The van der Waals surface area contributed by atoms with E-state index in [0.717, 1.165) is 29.1 Å². The molecule has 1 aliphatic rings. The molecule has 1 saturated carbocycles. The van der Waals surface area contributed by atoms with E-state index in [0.29, 0.717) is 11.1 Å². The van der Waals surface area contributed by atoms with Crippen LogP contribution in [0, 0.1) is 6.92 Å². The first-order valence-electron chi connectivity index (χ1n) is 6.83. The molecule has 0 unspecified atom stereocenters. The van der Waals surface area contributed by atoms with Crippen molar-refractivity contribution >= 4 is 11.6 Å². The Balaban J connectivity index is 2.14. The first-order valence-corrected chi connectivity index (χ1v) is 7.20. The average molecular weight is 273 g/mol. The summed E-state index contributed by atoms with van der Waals surface area (Å²) in [5.74, 6) is 1.46. The summed E-state index contributed by atoms with van der Waals surface area (Å²) in [5.41, 5.74) is 4.54. The summed E-state index contributed by atoms with van der Waals surface area (Å²) in [6.07, 6.45) is 3.43. The van der Waals surface area contributed by atoms with Crippen LogP contribution in [0.1, 0.15) is 42.5 Å². The van der Waals surface area contributed by atoms with Crippen molar-refractivity contribution in [2.24, 2.45) is 0 Å². The molecule has 1 fully saturated rings. The monoisotopic (exact) mass is 272 g/mol. The number of halogens is 1. The van der Waals surface area contributed by atoms with Gasteiger partial charge in [0, 0.05) is 16.8 Å². The van der Waals surface area contributed by atoms with E-state index in [2.05, 4.69) is 30.1 Å². The molecule has 0 amide bonds. The van der Waals surface area contributed by atoms with Gasteiger partial charge in [-0.3, -0.25) is 0 Å². The van der Waals surface area contributed by atoms with Crippen LogP contribution in [0.3, 0.4) is 0 Å². The van der Waals surface area contributed by atoms with Gasteiger partial charge in [-0.25, -0.2) is 9.97 Å². The fourth-order valence-electron chi connectivity index (χ4n) is 2.45. The van der Waals surface area contributed by atoms with Gasteiger partial charge in [0.05, 0.1) is 0 Å². The lowest BCUT2D eigenvalue weighted by Gasteiger charge is -2.11. The third-order valence-corrected chi connectivity index (χ3v) is 4.11. The summed E-state index contributed by atoms with van der Waals surface area (Å²) in [5, 5.41) is 0.576. The Bertz CT molecular complexity index is 618. The van der Waals surface area contributed by atoms with Crippen LogP contribution in [0.25, 0.3) is 11.4 Å². The first kappa shape index (κ1) is 12.6. The number of nitrogens with zero attached hydrogens (tertiary/aromatic N) is 2. The molecule has 3 rings (SSSR count). The summed E-state index contributed by atoms with van der Waals surface area (Å²) < 4.78 is 0. The van der Waals surface area contributed by atoms with Gasteiger partial charge >= 0.3 is 0 Å². The quantitative estimate of drug-likeness (QED) is 0.767. The van der Waals surface area contributed by atoms with Crippen molar-refractivity contribution in [3.05, 3.63) is 46.2 Å². The standard InChI is InChI=1S/C16H17ClN2/c1-3-14-10(2)15(17)19-16(18-14)13-7-5-4-6-12(13)11-8-9-11/h4-7,11H,3,8-9H2,1-2H3. The van der Waals surface area contributed by atoms with Gasteiger partial charge in [0.2, 0.25) is 0 Å². The lowest BCUT2D eigenvalue weighted by molar-refractivity contribution is 0.972. The number of aromatic nitrogens is 2. The van der Waals surface area contributed by atoms with Crippen LogP contribution in [0.5, 0.6) is 0 Å². The van der Waals surface area contributed by atoms with E-state index in [9.17, 15) is 0 Å². The molecule has 1 aromatic heterocycles. The van der Waals surface area contributed by atoms with Crippen molar-refractivity contribution in [1.29, 1.82) is 0 Å². The molecule has 3 heteroatoms. The van der Waals surface area contributed by atoms with Crippen molar-refractivity contribution in [3.8, 4) is 11.4 Å². The van der Waals surface area contributed by atoms with Crippen LogP contribution in [0.15, 0.2) is 24.3 Å². The number of rotatable bonds is 3. The summed E-state index contributed by atoms with van der Waals surface area (Å²) in [7, 11) is 0. The Morgan fingerprint density at radius 3 is 2.63 bits per heavy atom. The molecule has 2 aromatic rings. The minimum absolute atomic E-state index is 0.576. The second kappa shape index (κ2) is 4.93. The molecule has 0 saturated heterocycles. The van der Waals surface area contributed by atoms with E-state index in [1.165, 1.54) is 18.4 Å². The zero-order valence-electron chi connectivity index (χ0n) is 11.3. The van der Waals surface area contributed by atoms with Crippen LogP contribution < -0.4 is 0 Å². The fraction of sp³-hybridized carbons (Fsp3) is 0.375. The molecule has 1 aromatic carbocycles. The number of benzene rings is 1. The predicted octanol–water partition coefficient (Wildman–Crippen LogP) is 4.55. The summed E-state index contributed by atoms with van der Waals surface area (Å²) >= 11 is 6.24. The lowest BCUT2D eigenvalue weighted by Crippen LogP contribution is -2.01. The molecule has 19 heavy (non-hydrogen) atoms. The highest BCUT2D eigenvalue weighted by molar-refractivity contribution is 6.30. The fourth-order valence-corrected chi connectivity index (χ4v) is 2.64. The van der Waals surface area contributed by atoms with Crippen molar-refractivity contribution < 1.29 is 0 Å². The Morgan fingerprint density at radius 2 is 1.95 bits per heavy atom. The summed E-state index contributed by atoms with van der Waals surface area (Å²) in [6, 6.07) is 8.43. The SMILES string of the molecule is CCc1nc(-c2ccccc2C2CC2)nc(Cl)c1C. The normalized spacial score (nSPS) is 14.7. The maximum atomic E-state index is 6.24. The topological polar surface area (TPSA) is 25.8 Å². The molecule has 2 nitrogen and oxygen atoms in total. The molecule has 0 bridgehead atoms. The molecule has 1 aliphatic carbocycles. The molecule has 0 radical (unpaired) electrons. The summed E-state index contributed by atoms with van der Waals surface area (Å²) in [6.45, 7) is 4.08. The maximum absolute atomic E-state index is 6.24. The minimum Gasteiger partial charge on any atom is -0.233 e. The van der Waals surface area contributed by atoms with E-state index in [-0.39, 0.29) is 0 Å². The van der Waals surface area contributed by atoms with Gasteiger partial charge in [0.25, 0.3) is 0 Å². The van der Waals surface area contributed by atoms with Crippen molar-refractivity contribution in [2.45, 2.75) is 39.0 Å². The van der Waals surface area contributed by atoms with Gasteiger partial charge in [-0.05, 0) is 37.7 Å². The molecule has 1 heterocycles. The Kier molecular flexibility index (Phi) is 3.28. The highest BCUT2D eigenvalue weighted by Gasteiger charge is 2.27. The van der Waals surface area contributed by atoms with E-state index < -0.39 is 0 Å². The van der Waals surface area contributed by atoms with Crippen molar-refractivity contribution in [1.82, 2.24) is 9.97 Å². The zero-order chi connectivity index (χ0) is 13.4. The molecule has 0 aliphatic heterocycles.